The van der Waals surface area contributed by atoms with Crippen LogP contribution in [-0.2, 0) is 4.74 Å². The van der Waals surface area contributed by atoms with Gasteiger partial charge in [-0.3, -0.25) is 4.99 Å². The summed E-state index contributed by atoms with van der Waals surface area (Å²) in [7, 11) is 0. The van der Waals surface area contributed by atoms with E-state index in [-0.39, 0.29) is 12.5 Å². The highest BCUT2D eigenvalue weighted by atomic mass is 32.1. The van der Waals surface area contributed by atoms with E-state index < -0.39 is 11.5 Å². The first-order valence-electron chi connectivity index (χ1n) is 7.01. The Morgan fingerprint density at radius 3 is 2.77 bits per heavy atom. The highest BCUT2D eigenvalue weighted by Gasteiger charge is 2.39. The summed E-state index contributed by atoms with van der Waals surface area (Å²) < 4.78 is 5.01. The largest absolute Gasteiger partial charge is 0.449 e. The molecular formula is C17H18N2O2S. The quantitative estimate of drug-likeness (QED) is 0.527. The van der Waals surface area contributed by atoms with Gasteiger partial charge in [-0.2, -0.15) is 0 Å². The maximum Gasteiger partial charge on any atom is 0.339 e. The van der Waals surface area contributed by atoms with Crippen LogP contribution < -0.4 is 5.32 Å². The third kappa shape index (κ3) is 2.88. The lowest BCUT2D eigenvalue weighted by molar-refractivity contribution is 0.0556. The Hall–Kier alpha value is -2.19. The van der Waals surface area contributed by atoms with Crippen LogP contribution in [0.1, 0.15) is 36.7 Å². The number of nitrogens with zero attached hydrogens (tertiary/aromatic N) is 1. The van der Waals surface area contributed by atoms with Crippen LogP contribution in [0.3, 0.4) is 0 Å². The van der Waals surface area contributed by atoms with Gasteiger partial charge in [0.05, 0.1) is 5.56 Å². The zero-order chi connectivity index (χ0) is 16.3. The molecule has 114 valence electrons. The van der Waals surface area contributed by atoms with Crippen molar-refractivity contribution in [2.75, 3.05) is 6.61 Å². The highest BCUT2D eigenvalue weighted by molar-refractivity contribution is 7.80. The predicted molar refractivity (Wildman–Crippen MR) is 91.1 cm³/mol. The van der Waals surface area contributed by atoms with Crippen molar-refractivity contribution in [3.63, 3.8) is 0 Å². The van der Waals surface area contributed by atoms with E-state index in [0.29, 0.717) is 22.0 Å². The van der Waals surface area contributed by atoms with Crippen LogP contribution in [0, 0.1) is 18.3 Å². The Labute approximate surface area is 136 Å². The Kier molecular flexibility index (Phi) is 4.62. The molecule has 22 heavy (non-hydrogen) atoms. The summed E-state index contributed by atoms with van der Waals surface area (Å²) >= 11 is 5.42. The van der Waals surface area contributed by atoms with Crippen LogP contribution in [0.25, 0.3) is 0 Å². The summed E-state index contributed by atoms with van der Waals surface area (Å²) in [6.45, 7) is 6.05. The van der Waals surface area contributed by atoms with Crippen LogP contribution in [0.15, 0.2) is 29.3 Å². The van der Waals surface area contributed by atoms with Gasteiger partial charge in [-0.25, -0.2) is 4.79 Å². The summed E-state index contributed by atoms with van der Waals surface area (Å²) in [5.41, 5.74) is 0.608. The van der Waals surface area contributed by atoms with Crippen molar-refractivity contribution in [2.45, 2.75) is 26.3 Å². The van der Waals surface area contributed by atoms with Gasteiger partial charge in [0.25, 0.3) is 0 Å². The fourth-order valence-corrected chi connectivity index (χ4v) is 2.49. The minimum Gasteiger partial charge on any atom is -0.449 e. The smallest absolute Gasteiger partial charge is 0.339 e. The van der Waals surface area contributed by atoms with Gasteiger partial charge < -0.3 is 10.1 Å². The number of thiocarbonyl (C=S) groups is 1. The molecule has 1 N–H and O–H groups in total. The van der Waals surface area contributed by atoms with Crippen molar-refractivity contribution >= 4 is 29.0 Å². The Balaban J connectivity index is 2.41. The summed E-state index contributed by atoms with van der Waals surface area (Å²) in [6.07, 6.45) is 5.12. The summed E-state index contributed by atoms with van der Waals surface area (Å²) in [5.74, 6) is 2.65. The molecule has 1 aliphatic heterocycles. The molecule has 1 aromatic carbocycles. The molecule has 1 heterocycles. The van der Waals surface area contributed by atoms with E-state index in [4.69, 9.17) is 28.4 Å². The van der Waals surface area contributed by atoms with Crippen molar-refractivity contribution in [1.29, 1.82) is 0 Å². The molecule has 0 fully saturated rings. The second kappa shape index (κ2) is 6.29. The standard InChI is InChI=1S/C17H18N2O2S/c1-5-10-21-15(20)13-9-7-6-8-12(13)14-18-16(22)17(4,19-14)11(2)3/h1,6-9,11H,10H2,2-4H3,(H,18,19,22). The average molecular weight is 314 g/mol. The van der Waals surface area contributed by atoms with E-state index in [1.807, 2.05) is 19.1 Å². The third-order valence-electron chi connectivity index (χ3n) is 3.85. The molecule has 0 saturated heterocycles. The first-order valence-corrected chi connectivity index (χ1v) is 7.42. The number of carbonyl (C=O) groups excluding carboxylic acids is 1. The number of hydrogen-bond acceptors (Lipinski definition) is 4. The molecule has 1 aliphatic rings. The second-order valence-electron chi connectivity index (χ2n) is 5.54. The molecule has 4 nitrogen and oxygen atoms in total. The summed E-state index contributed by atoms with van der Waals surface area (Å²) in [4.78, 5) is 17.5. The predicted octanol–water partition coefficient (Wildman–Crippen LogP) is 2.57. The molecule has 1 unspecified atom stereocenters. The van der Waals surface area contributed by atoms with E-state index >= 15 is 0 Å². The SMILES string of the molecule is C#CCOC(=O)c1ccccc1C1=NC(C)(C(C)C)C(=S)N1. The van der Waals surface area contributed by atoms with Gasteiger partial charge >= 0.3 is 5.97 Å². The molecule has 0 spiro atoms. The normalized spacial score (nSPS) is 20.3. The maximum absolute atomic E-state index is 12.1. The number of aliphatic imine (C=N–C) groups is 1. The minimum atomic E-state index is -0.472. The number of esters is 1. The zero-order valence-corrected chi connectivity index (χ0v) is 13.7. The van der Waals surface area contributed by atoms with Crippen LogP contribution in [0.2, 0.25) is 0 Å². The van der Waals surface area contributed by atoms with Crippen molar-refractivity contribution in [3.05, 3.63) is 35.4 Å². The van der Waals surface area contributed by atoms with Gasteiger partial charge in [-0.05, 0) is 18.9 Å². The molecular weight excluding hydrogens is 296 g/mol. The second-order valence-corrected chi connectivity index (χ2v) is 5.95. The van der Waals surface area contributed by atoms with Crippen molar-refractivity contribution < 1.29 is 9.53 Å². The molecule has 0 amide bonds. The fourth-order valence-electron chi connectivity index (χ4n) is 2.12. The lowest BCUT2D eigenvalue weighted by Gasteiger charge is -2.24. The number of nitrogens with one attached hydrogen (secondary N) is 1. The lowest BCUT2D eigenvalue weighted by Crippen LogP contribution is -2.39. The lowest BCUT2D eigenvalue weighted by atomic mass is 9.90. The molecule has 0 aromatic heterocycles. The zero-order valence-electron chi connectivity index (χ0n) is 12.8. The number of amidine groups is 1. The number of terminal acetylenes is 1. The highest BCUT2D eigenvalue weighted by Crippen LogP contribution is 2.28. The van der Waals surface area contributed by atoms with Gasteiger partial charge in [0.1, 0.15) is 16.4 Å². The van der Waals surface area contributed by atoms with E-state index in [1.165, 1.54) is 0 Å². The average Bonchev–Trinajstić information content (AvgIpc) is 2.81. The van der Waals surface area contributed by atoms with E-state index in [2.05, 4.69) is 25.1 Å². The number of hydrogen-bond donors (Lipinski definition) is 1. The van der Waals surface area contributed by atoms with Crippen LogP contribution >= 0.6 is 12.2 Å². The van der Waals surface area contributed by atoms with E-state index in [9.17, 15) is 4.79 Å². The molecule has 0 bridgehead atoms. The van der Waals surface area contributed by atoms with Crippen LogP contribution in [0.4, 0.5) is 0 Å². The van der Waals surface area contributed by atoms with Crippen LogP contribution in [-0.4, -0.2) is 28.9 Å². The molecule has 1 atom stereocenters. The van der Waals surface area contributed by atoms with Crippen molar-refractivity contribution in [2.24, 2.45) is 10.9 Å². The van der Waals surface area contributed by atoms with E-state index in [0.717, 1.165) is 0 Å². The number of carbonyl (C=O) groups is 1. The van der Waals surface area contributed by atoms with Crippen molar-refractivity contribution in [3.8, 4) is 12.3 Å². The van der Waals surface area contributed by atoms with Gasteiger partial charge in [0, 0.05) is 5.56 Å². The molecule has 5 heteroatoms. The van der Waals surface area contributed by atoms with Crippen LogP contribution in [0.5, 0.6) is 0 Å². The maximum atomic E-state index is 12.1. The first kappa shape index (κ1) is 16.2. The number of benzene rings is 1. The molecule has 0 saturated carbocycles. The molecule has 1 aromatic rings. The number of ether oxygens (including phenoxy) is 1. The number of rotatable bonds is 4. The van der Waals surface area contributed by atoms with Gasteiger partial charge in [-0.15, -0.1) is 6.42 Å². The topological polar surface area (TPSA) is 50.7 Å². The molecule has 2 rings (SSSR count). The molecule has 0 radical (unpaired) electrons. The van der Waals surface area contributed by atoms with Gasteiger partial charge in [0.2, 0.25) is 0 Å². The third-order valence-corrected chi connectivity index (χ3v) is 4.36. The van der Waals surface area contributed by atoms with Gasteiger partial charge in [-0.1, -0.05) is 50.2 Å². The van der Waals surface area contributed by atoms with E-state index in [1.54, 1.807) is 12.1 Å². The first-order chi connectivity index (χ1) is 10.4. The monoisotopic (exact) mass is 314 g/mol. The minimum absolute atomic E-state index is 0.0603. The molecule has 0 aliphatic carbocycles. The Bertz CT molecular complexity index is 688. The Morgan fingerprint density at radius 2 is 2.18 bits per heavy atom. The fraction of sp³-hybridized carbons (Fsp3) is 0.353. The summed E-state index contributed by atoms with van der Waals surface area (Å²) in [6, 6.07) is 7.11. The summed E-state index contributed by atoms with van der Waals surface area (Å²) in [5, 5.41) is 3.13. The van der Waals surface area contributed by atoms with Crippen molar-refractivity contribution in [1.82, 2.24) is 5.32 Å². The van der Waals surface area contributed by atoms with Gasteiger partial charge in [0.15, 0.2) is 6.61 Å². The Morgan fingerprint density at radius 1 is 1.50 bits per heavy atom.